The maximum absolute atomic E-state index is 8.29. The van der Waals surface area contributed by atoms with Gasteiger partial charge in [-0.25, -0.2) is 0 Å². The van der Waals surface area contributed by atoms with Crippen molar-refractivity contribution in [2.45, 2.75) is 158 Å². The molecule has 0 amide bonds. The summed E-state index contributed by atoms with van der Waals surface area (Å²) in [6, 6.07) is 18.1. The molecule has 6 nitrogen and oxygen atoms in total. The van der Waals surface area contributed by atoms with Gasteiger partial charge in [0.1, 0.15) is 0 Å². The lowest BCUT2D eigenvalue weighted by Gasteiger charge is -2.26. The van der Waals surface area contributed by atoms with Crippen molar-refractivity contribution in [3.05, 3.63) is 93.0 Å². The molecule has 7 heteroatoms. The lowest BCUT2D eigenvalue weighted by Crippen LogP contribution is -2.16. The van der Waals surface area contributed by atoms with E-state index in [0.717, 1.165) is 48.4 Å². The summed E-state index contributed by atoms with van der Waals surface area (Å²) < 4.78 is 16.6. The van der Waals surface area contributed by atoms with Crippen molar-refractivity contribution in [2.75, 3.05) is 22.9 Å². The van der Waals surface area contributed by atoms with E-state index in [2.05, 4.69) is 159 Å². The first-order valence-corrected chi connectivity index (χ1v) is 20.5. The van der Waals surface area contributed by atoms with E-state index in [-0.39, 0.29) is 21.7 Å². The van der Waals surface area contributed by atoms with Crippen LogP contribution in [0.3, 0.4) is 0 Å². The van der Waals surface area contributed by atoms with E-state index in [1.807, 2.05) is 0 Å². The average Bonchev–Trinajstić information content (AvgIpc) is 3.07. The zero-order valence-corrected chi connectivity index (χ0v) is 37.8. The Labute approximate surface area is 337 Å². The van der Waals surface area contributed by atoms with Crippen LogP contribution < -0.4 is 22.9 Å². The lowest BCUT2D eigenvalue weighted by molar-refractivity contribution is 0.591. The highest BCUT2D eigenvalue weighted by molar-refractivity contribution is 7.51. The highest BCUT2D eigenvalue weighted by Gasteiger charge is 2.25. The second-order valence-electron chi connectivity index (χ2n) is 18.9. The van der Waals surface area contributed by atoms with Crippen LogP contribution in [0.25, 0.3) is 22.3 Å². The first-order valence-electron chi connectivity index (χ1n) is 19.8. The Morgan fingerprint density at radius 3 is 0.618 bits per heavy atom. The third kappa shape index (κ3) is 11.5. The molecule has 0 unspecified atom stereocenters. The van der Waals surface area contributed by atoms with Crippen molar-refractivity contribution in [1.82, 2.24) is 0 Å². The smallest absolute Gasteiger partial charge is 0.335 e. The van der Waals surface area contributed by atoms with Crippen molar-refractivity contribution < 1.29 is 8.42 Å². The van der Waals surface area contributed by atoms with E-state index in [0.29, 0.717) is 0 Å². The molecule has 0 saturated carbocycles. The monoisotopic (exact) mass is 769 g/mol. The number of anilines is 4. The molecule has 0 fully saturated rings. The van der Waals surface area contributed by atoms with Crippen molar-refractivity contribution >= 4 is 34.3 Å². The molecule has 0 aliphatic carbocycles. The summed E-state index contributed by atoms with van der Waals surface area (Å²) >= 11 is -0.750. The summed E-state index contributed by atoms with van der Waals surface area (Å²) in [5, 5.41) is 0. The highest BCUT2D eigenvalue weighted by atomic mass is 32.1. The predicted octanol–water partition coefficient (Wildman–Crippen LogP) is 11.8. The van der Waals surface area contributed by atoms with Gasteiger partial charge in [-0.1, -0.05) is 111 Å². The minimum Gasteiger partial charge on any atom is -0.398 e. The van der Waals surface area contributed by atoms with E-state index in [1.54, 1.807) is 0 Å². The Balaban J connectivity index is 0.000000355. The van der Waals surface area contributed by atoms with Gasteiger partial charge in [-0.2, -0.15) is 8.42 Å². The summed E-state index contributed by atoms with van der Waals surface area (Å²) in [6.07, 6.45) is 3.74. The fourth-order valence-corrected chi connectivity index (χ4v) is 7.17. The molecular weight excluding hydrogens is 697 g/mol. The molecule has 4 rings (SSSR count). The molecule has 0 aliphatic heterocycles. The number of hydrogen-bond donors (Lipinski definition) is 4. The van der Waals surface area contributed by atoms with Crippen LogP contribution in [0.4, 0.5) is 22.7 Å². The van der Waals surface area contributed by atoms with Gasteiger partial charge in [0.15, 0.2) is 0 Å². The van der Waals surface area contributed by atoms with E-state index < -0.39 is 11.6 Å². The van der Waals surface area contributed by atoms with Crippen LogP contribution in [0, 0.1) is 0 Å². The molecule has 302 valence electrons. The molecular formula is C48H72N4O2S. The summed E-state index contributed by atoms with van der Waals surface area (Å²) in [6.45, 7) is 35.4. The van der Waals surface area contributed by atoms with Gasteiger partial charge in [-0.05, 0) is 163 Å². The first kappa shape index (κ1) is 47.1. The third-order valence-corrected chi connectivity index (χ3v) is 10.5. The Morgan fingerprint density at radius 1 is 0.364 bits per heavy atom. The van der Waals surface area contributed by atoms with Crippen molar-refractivity contribution in [3.63, 3.8) is 0 Å². The SMILES string of the molecule is CCc1cc(-c2cc(CC)c(N)c(C(C)(C)C)c2)cc(C(C)(C)C)c1N.CCc1cc(-c2cc(CC)c(N)c(C(C)(C)C)c2)cc(C(C)(C)C)c1N.O=S=O. The molecule has 0 aliphatic rings. The molecule has 8 N–H and O–H groups in total. The second-order valence-corrected chi connectivity index (χ2v) is 19.0. The third-order valence-electron chi connectivity index (χ3n) is 10.5. The van der Waals surface area contributed by atoms with Gasteiger partial charge >= 0.3 is 11.6 Å². The minimum atomic E-state index is -0.750. The van der Waals surface area contributed by atoms with Gasteiger partial charge in [-0.3, -0.25) is 0 Å². The fourth-order valence-electron chi connectivity index (χ4n) is 7.17. The number of aryl methyl sites for hydroxylation is 4. The number of hydrogen-bond acceptors (Lipinski definition) is 6. The fraction of sp³-hybridized carbons (Fsp3) is 0.500. The van der Waals surface area contributed by atoms with Crippen LogP contribution in [-0.4, -0.2) is 8.42 Å². The first-order chi connectivity index (χ1) is 25.2. The molecule has 0 spiro atoms. The summed E-state index contributed by atoms with van der Waals surface area (Å²) in [4.78, 5) is 0. The molecule has 0 radical (unpaired) electrons. The van der Waals surface area contributed by atoms with Gasteiger partial charge in [-0.15, -0.1) is 0 Å². The Bertz CT molecular complexity index is 1720. The van der Waals surface area contributed by atoms with Crippen LogP contribution in [0.2, 0.25) is 0 Å². The molecule has 4 aromatic rings. The predicted molar refractivity (Wildman–Crippen MR) is 243 cm³/mol. The zero-order chi connectivity index (χ0) is 42.4. The normalized spacial score (nSPS) is 12.0. The highest BCUT2D eigenvalue weighted by Crippen LogP contribution is 2.41. The Kier molecular flexibility index (Phi) is 15.6. The molecule has 4 aromatic carbocycles. The molecule has 0 atom stereocenters. The largest absolute Gasteiger partial charge is 0.398 e. The van der Waals surface area contributed by atoms with Crippen LogP contribution in [0.5, 0.6) is 0 Å². The minimum absolute atomic E-state index is 0.0122. The number of nitrogen functional groups attached to an aromatic ring is 4. The van der Waals surface area contributed by atoms with Crippen LogP contribution in [0.15, 0.2) is 48.5 Å². The van der Waals surface area contributed by atoms with Crippen LogP contribution in [0.1, 0.15) is 155 Å². The molecule has 0 bridgehead atoms. The lowest BCUT2D eigenvalue weighted by atomic mass is 9.80. The van der Waals surface area contributed by atoms with E-state index in [9.17, 15) is 0 Å². The van der Waals surface area contributed by atoms with Gasteiger partial charge < -0.3 is 22.9 Å². The molecule has 0 heterocycles. The standard InChI is InChI=1S/2C24H36N2.O2S/c2*1-9-15-11-17(13-19(21(15)25)23(3,4)5)18-12-16(10-2)22(26)20(14-18)24(6,7)8;1-3-2/h2*11-14H,9-10,25-26H2,1-8H3;. The summed E-state index contributed by atoms with van der Waals surface area (Å²) in [7, 11) is 0. The maximum Gasteiger partial charge on any atom is 0.335 e. The van der Waals surface area contributed by atoms with Crippen molar-refractivity contribution in [1.29, 1.82) is 0 Å². The van der Waals surface area contributed by atoms with Crippen LogP contribution in [-0.2, 0) is 58.9 Å². The zero-order valence-electron chi connectivity index (χ0n) is 37.0. The van der Waals surface area contributed by atoms with Crippen LogP contribution >= 0.6 is 0 Å². The van der Waals surface area contributed by atoms with Gasteiger partial charge in [0, 0.05) is 22.7 Å². The number of rotatable bonds is 6. The quantitative estimate of drug-likeness (QED) is 0.144. The van der Waals surface area contributed by atoms with E-state index >= 15 is 0 Å². The summed E-state index contributed by atoms with van der Waals surface area (Å²) in [5.74, 6) is 0. The number of benzene rings is 4. The summed E-state index contributed by atoms with van der Waals surface area (Å²) in [5.41, 5.74) is 44.5. The molecule has 0 saturated heterocycles. The Morgan fingerprint density at radius 2 is 0.509 bits per heavy atom. The Hall–Kier alpha value is -4.10. The van der Waals surface area contributed by atoms with E-state index in [4.69, 9.17) is 31.4 Å². The maximum atomic E-state index is 8.29. The second kappa shape index (κ2) is 18.2. The molecule has 0 aromatic heterocycles. The van der Waals surface area contributed by atoms with Crippen molar-refractivity contribution in [3.8, 4) is 22.3 Å². The molecule has 55 heavy (non-hydrogen) atoms. The average molecular weight is 769 g/mol. The van der Waals surface area contributed by atoms with Crippen molar-refractivity contribution in [2.24, 2.45) is 0 Å². The topological polar surface area (TPSA) is 138 Å². The number of nitrogens with two attached hydrogens (primary N) is 4. The van der Waals surface area contributed by atoms with E-state index in [1.165, 1.54) is 66.8 Å². The van der Waals surface area contributed by atoms with Gasteiger partial charge in [0.05, 0.1) is 0 Å². The van der Waals surface area contributed by atoms with Gasteiger partial charge in [0.2, 0.25) is 0 Å². The van der Waals surface area contributed by atoms with Gasteiger partial charge in [0.25, 0.3) is 0 Å².